The van der Waals surface area contributed by atoms with Gasteiger partial charge in [-0.2, -0.15) is 0 Å². The molecule has 5 nitrogen and oxygen atoms in total. The van der Waals surface area contributed by atoms with E-state index >= 15 is 0 Å². The zero-order chi connectivity index (χ0) is 17.7. The fraction of sp³-hybridized carbons (Fsp3) is 0.278. The zero-order valence-corrected chi connectivity index (χ0v) is 14.9. The van der Waals surface area contributed by atoms with Crippen LogP contribution in [0.5, 0.6) is 17.2 Å². The highest BCUT2D eigenvalue weighted by Gasteiger charge is 2.13. The maximum absolute atomic E-state index is 12.2. The van der Waals surface area contributed by atoms with Crippen molar-refractivity contribution in [3.8, 4) is 17.2 Å². The van der Waals surface area contributed by atoms with Crippen LogP contribution in [0, 0.1) is 13.8 Å². The summed E-state index contributed by atoms with van der Waals surface area (Å²) in [6.45, 7) is 3.76. The summed E-state index contributed by atoms with van der Waals surface area (Å²) in [5.74, 6) is 1.33. The average molecular weight is 350 g/mol. The van der Waals surface area contributed by atoms with E-state index in [2.05, 4.69) is 5.32 Å². The van der Waals surface area contributed by atoms with E-state index in [1.165, 1.54) is 14.2 Å². The van der Waals surface area contributed by atoms with E-state index in [-0.39, 0.29) is 12.5 Å². The second-order valence-corrected chi connectivity index (χ2v) is 5.65. The van der Waals surface area contributed by atoms with E-state index in [4.69, 9.17) is 25.8 Å². The summed E-state index contributed by atoms with van der Waals surface area (Å²) in [6.07, 6.45) is 0. The molecule has 2 aromatic rings. The second-order valence-electron chi connectivity index (χ2n) is 5.24. The number of hydrogen-bond acceptors (Lipinski definition) is 4. The fourth-order valence-electron chi connectivity index (χ4n) is 2.31. The van der Waals surface area contributed by atoms with Gasteiger partial charge in [-0.15, -0.1) is 0 Å². The molecule has 0 spiro atoms. The van der Waals surface area contributed by atoms with E-state index in [9.17, 15) is 4.79 Å². The maximum Gasteiger partial charge on any atom is 0.262 e. The number of methoxy groups -OCH3 is 2. The van der Waals surface area contributed by atoms with Crippen molar-refractivity contribution in [2.24, 2.45) is 0 Å². The molecule has 0 aromatic heterocycles. The van der Waals surface area contributed by atoms with Crippen LogP contribution in [0.3, 0.4) is 0 Å². The molecule has 0 saturated heterocycles. The number of anilines is 1. The number of ether oxygens (including phenoxy) is 3. The summed E-state index contributed by atoms with van der Waals surface area (Å²) in [5.41, 5.74) is 2.42. The minimum absolute atomic E-state index is 0.113. The smallest absolute Gasteiger partial charge is 0.262 e. The second kappa shape index (κ2) is 7.93. The molecular weight excluding hydrogens is 330 g/mol. The highest BCUT2D eigenvalue weighted by atomic mass is 35.5. The average Bonchev–Trinajstić information content (AvgIpc) is 2.54. The summed E-state index contributed by atoms with van der Waals surface area (Å²) >= 11 is 6.09. The topological polar surface area (TPSA) is 56.8 Å². The number of aryl methyl sites for hydroxylation is 2. The molecule has 6 heteroatoms. The van der Waals surface area contributed by atoms with Crippen LogP contribution in [0.4, 0.5) is 5.69 Å². The first-order chi connectivity index (χ1) is 11.5. The Morgan fingerprint density at radius 2 is 1.71 bits per heavy atom. The molecule has 2 rings (SSSR count). The standard InChI is InChI=1S/C18H20ClNO4/c1-11-6-5-7-12(2)18(11)24-10-17(21)20-14-8-13(19)15(22-3)9-16(14)23-4/h5-9H,10H2,1-4H3,(H,20,21). The lowest BCUT2D eigenvalue weighted by atomic mass is 10.1. The monoisotopic (exact) mass is 349 g/mol. The van der Waals surface area contributed by atoms with Crippen molar-refractivity contribution in [2.75, 3.05) is 26.1 Å². The van der Waals surface area contributed by atoms with Crippen molar-refractivity contribution in [1.82, 2.24) is 0 Å². The first-order valence-electron chi connectivity index (χ1n) is 7.36. The zero-order valence-electron chi connectivity index (χ0n) is 14.1. The van der Waals surface area contributed by atoms with Crippen LogP contribution in [0.1, 0.15) is 11.1 Å². The molecule has 0 aliphatic heterocycles. The van der Waals surface area contributed by atoms with Crippen LogP contribution in [0.25, 0.3) is 0 Å². The van der Waals surface area contributed by atoms with Gasteiger partial charge in [0.2, 0.25) is 0 Å². The van der Waals surface area contributed by atoms with Crippen LogP contribution >= 0.6 is 11.6 Å². The van der Waals surface area contributed by atoms with Crippen LogP contribution in [0.2, 0.25) is 5.02 Å². The number of hydrogen-bond donors (Lipinski definition) is 1. The van der Waals surface area contributed by atoms with Crippen molar-refractivity contribution < 1.29 is 19.0 Å². The number of carbonyl (C=O) groups is 1. The van der Waals surface area contributed by atoms with Gasteiger partial charge in [-0.1, -0.05) is 29.8 Å². The number of nitrogens with one attached hydrogen (secondary N) is 1. The summed E-state index contributed by atoms with van der Waals surface area (Å²) in [7, 11) is 3.02. The van der Waals surface area contributed by atoms with E-state index < -0.39 is 0 Å². The number of amides is 1. The number of halogens is 1. The third-order valence-corrected chi connectivity index (χ3v) is 3.80. The predicted molar refractivity (Wildman–Crippen MR) is 94.6 cm³/mol. The third kappa shape index (κ3) is 4.11. The summed E-state index contributed by atoms with van der Waals surface area (Å²) in [5, 5.41) is 3.11. The largest absolute Gasteiger partial charge is 0.495 e. The van der Waals surface area contributed by atoms with E-state index in [0.29, 0.717) is 28.0 Å². The minimum Gasteiger partial charge on any atom is -0.495 e. The molecule has 0 atom stereocenters. The van der Waals surface area contributed by atoms with Crippen molar-refractivity contribution in [1.29, 1.82) is 0 Å². The Hall–Kier alpha value is -2.40. The molecule has 1 amide bonds. The molecule has 2 aromatic carbocycles. The molecule has 0 heterocycles. The summed E-state index contributed by atoms with van der Waals surface area (Å²) in [6, 6.07) is 9.02. The van der Waals surface area contributed by atoms with Gasteiger partial charge in [0, 0.05) is 6.07 Å². The predicted octanol–water partition coefficient (Wildman–Crippen LogP) is 3.99. The Balaban J connectivity index is 2.09. The maximum atomic E-state index is 12.2. The van der Waals surface area contributed by atoms with Crippen molar-refractivity contribution in [3.05, 3.63) is 46.5 Å². The van der Waals surface area contributed by atoms with Gasteiger partial charge in [-0.05, 0) is 31.0 Å². The minimum atomic E-state index is -0.308. The van der Waals surface area contributed by atoms with E-state index in [1.807, 2.05) is 32.0 Å². The molecule has 24 heavy (non-hydrogen) atoms. The van der Waals surface area contributed by atoms with Gasteiger partial charge >= 0.3 is 0 Å². The van der Waals surface area contributed by atoms with Crippen molar-refractivity contribution >= 4 is 23.2 Å². The molecule has 1 N–H and O–H groups in total. The number of benzene rings is 2. The normalized spacial score (nSPS) is 10.2. The van der Waals surface area contributed by atoms with E-state index in [0.717, 1.165) is 11.1 Å². The molecular formula is C18H20ClNO4. The molecule has 0 fully saturated rings. The quantitative estimate of drug-likeness (QED) is 0.856. The molecule has 0 bridgehead atoms. The van der Waals surface area contributed by atoms with Crippen LogP contribution < -0.4 is 19.5 Å². The summed E-state index contributed by atoms with van der Waals surface area (Å²) in [4.78, 5) is 12.2. The Morgan fingerprint density at radius 1 is 1.08 bits per heavy atom. The lowest BCUT2D eigenvalue weighted by Gasteiger charge is -2.14. The molecule has 0 aliphatic rings. The highest BCUT2D eigenvalue weighted by Crippen LogP contribution is 2.35. The summed E-state index contributed by atoms with van der Waals surface area (Å²) < 4.78 is 16.0. The Kier molecular flexibility index (Phi) is 5.93. The SMILES string of the molecule is COc1cc(OC)c(NC(=O)COc2c(C)cccc2C)cc1Cl. The first-order valence-corrected chi connectivity index (χ1v) is 7.74. The van der Waals surface area contributed by atoms with Gasteiger partial charge in [0.15, 0.2) is 6.61 Å². The van der Waals surface area contributed by atoms with Gasteiger partial charge in [0.1, 0.15) is 17.2 Å². The van der Waals surface area contributed by atoms with Crippen LogP contribution in [-0.4, -0.2) is 26.7 Å². The number of rotatable bonds is 6. The van der Waals surface area contributed by atoms with Crippen molar-refractivity contribution in [3.63, 3.8) is 0 Å². The van der Waals surface area contributed by atoms with Crippen LogP contribution in [0.15, 0.2) is 30.3 Å². The Labute approximate surface area is 146 Å². The Morgan fingerprint density at radius 3 is 2.29 bits per heavy atom. The molecule has 0 saturated carbocycles. The first kappa shape index (κ1) is 17.9. The Bertz CT molecular complexity index is 726. The fourth-order valence-corrected chi connectivity index (χ4v) is 2.55. The van der Waals surface area contributed by atoms with Gasteiger partial charge in [0.25, 0.3) is 5.91 Å². The van der Waals surface area contributed by atoms with E-state index in [1.54, 1.807) is 12.1 Å². The number of para-hydroxylation sites is 1. The number of carbonyl (C=O) groups excluding carboxylic acids is 1. The lowest BCUT2D eigenvalue weighted by Crippen LogP contribution is -2.21. The van der Waals surface area contributed by atoms with Gasteiger partial charge in [-0.25, -0.2) is 0 Å². The van der Waals surface area contributed by atoms with Gasteiger partial charge in [-0.3, -0.25) is 4.79 Å². The molecule has 0 radical (unpaired) electrons. The van der Waals surface area contributed by atoms with Gasteiger partial charge < -0.3 is 19.5 Å². The lowest BCUT2D eigenvalue weighted by molar-refractivity contribution is -0.118. The van der Waals surface area contributed by atoms with Crippen LogP contribution in [-0.2, 0) is 4.79 Å². The highest BCUT2D eigenvalue weighted by molar-refractivity contribution is 6.32. The third-order valence-electron chi connectivity index (χ3n) is 3.50. The molecule has 0 aliphatic carbocycles. The molecule has 0 unspecified atom stereocenters. The van der Waals surface area contributed by atoms with Crippen molar-refractivity contribution in [2.45, 2.75) is 13.8 Å². The van der Waals surface area contributed by atoms with Gasteiger partial charge in [0.05, 0.1) is 24.9 Å². The molecule has 128 valence electrons.